The van der Waals surface area contributed by atoms with Gasteiger partial charge in [-0.05, 0) is 32.9 Å². The van der Waals surface area contributed by atoms with E-state index in [-0.39, 0.29) is 6.54 Å². The van der Waals surface area contributed by atoms with Gasteiger partial charge in [0.05, 0.1) is 23.1 Å². The quantitative estimate of drug-likeness (QED) is 0.537. The van der Waals surface area contributed by atoms with E-state index in [2.05, 4.69) is 4.98 Å². The summed E-state index contributed by atoms with van der Waals surface area (Å²) in [5.41, 5.74) is 0.918. The minimum atomic E-state index is -2.25. The molecule has 0 aliphatic rings. The van der Waals surface area contributed by atoms with E-state index in [0.717, 1.165) is 30.0 Å². The Balaban J connectivity index is 2.11. The lowest BCUT2D eigenvalue weighted by atomic mass is 10.2. The molecule has 0 saturated heterocycles. The molecular formula is C11H17ClF2N2S. The third-order valence-corrected chi connectivity index (χ3v) is 3.60. The van der Waals surface area contributed by atoms with Crippen molar-refractivity contribution in [2.45, 2.75) is 31.6 Å². The first-order valence-corrected chi connectivity index (χ1v) is 6.99. The highest BCUT2D eigenvalue weighted by Crippen LogP contribution is 2.14. The summed E-state index contributed by atoms with van der Waals surface area (Å²) in [6.45, 7) is 0.561. The standard InChI is InChI=1S/C11H17ClF2N2S/c1-16(7-10(13)14)5-3-2-4-11-15-9(6-12)8-17-11/h8,10H,2-7H2,1H3. The van der Waals surface area contributed by atoms with E-state index in [9.17, 15) is 8.78 Å². The molecule has 1 heterocycles. The molecule has 0 aliphatic heterocycles. The normalized spacial score (nSPS) is 11.6. The van der Waals surface area contributed by atoms with Crippen LogP contribution in [-0.2, 0) is 12.3 Å². The summed E-state index contributed by atoms with van der Waals surface area (Å²) < 4.78 is 24.1. The van der Waals surface area contributed by atoms with Crippen LogP contribution in [0.4, 0.5) is 8.78 Å². The van der Waals surface area contributed by atoms with Gasteiger partial charge in [0.2, 0.25) is 0 Å². The highest BCUT2D eigenvalue weighted by Gasteiger charge is 2.07. The fourth-order valence-electron chi connectivity index (χ4n) is 1.51. The second-order valence-electron chi connectivity index (χ2n) is 3.98. The van der Waals surface area contributed by atoms with Crippen LogP contribution in [0.2, 0.25) is 0 Å². The maximum absolute atomic E-state index is 12.0. The molecule has 0 N–H and O–H groups in total. The molecule has 0 fully saturated rings. The van der Waals surface area contributed by atoms with Crippen LogP contribution in [0.1, 0.15) is 23.5 Å². The van der Waals surface area contributed by atoms with E-state index in [1.54, 1.807) is 23.3 Å². The van der Waals surface area contributed by atoms with Gasteiger partial charge in [-0.2, -0.15) is 0 Å². The summed E-state index contributed by atoms with van der Waals surface area (Å²) in [7, 11) is 1.72. The van der Waals surface area contributed by atoms with Crippen molar-refractivity contribution < 1.29 is 8.78 Å². The van der Waals surface area contributed by atoms with Gasteiger partial charge in [0, 0.05) is 5.38 Å². The molecule has 17 heavy (non-hydrogen) atoms. The van der Waals surface area contributed by atoms with Gasteiger partial charge in [-0.15, -0.1) is 22.9 Å². The zero-order valence-corrected chi connectivity index (χ0v) is 11.4. The van der Waals surface area contributed by atoms with Gasteiger partial charge in [0.25, 0.3) is 6.43 Å². The highest BCUT2D eigenvalue weighted by molar-refractivity contribution is 7.09. The van der Waals surface area contributed by atoms with Crippen molar-refractivity contribution in [1.82, 2.24) is 9.88 Å². The Morgan fingerprint density at radius 1 is 1.47 bits per heavy atom. The lowest BCUT2D eigenvalue weighted by molar-refractivity contribution is 0.0996. The predicted octanol–water partition coefficient (Wildman–Crippen LogP) is 3.40. The number of unbranched alkanes of at least 4 members (excludes halogenated alkanes) is 1. The molecule has 0 saturated carbocycles. The zero-order valence-electron chi connectivity index (χ0n) is 9.83. The van der Waals surface area contributed by atoms with E-state index >= 15 is 0 Å². The smallest absolute Gasteiger partial charge is 0.251 e. The van der Waals surface area contributed by atoms with Crippen LogP contribution in [0.25, 0.3) is 0 Å². The number of thiazole rings is 1. The van der Waals surface area contributed by atoms with Crippen LogP contribution in [0.5, 0.6) is 0 Å². The van der Waals surface area contributed by atoms with Gasteiger partial charge in [-0.1, -0.05) is 0 Å². The first-order chi connectivity index (χ1) is 8.11. The van der Waals surface area contributed by atoms with E-state index in [1.807, 2.05) is 5.38 Å². The number of aryl methyl sites for hydroxylation is 1. The van der Waals surface area contributed by atoms with Crippen molar-refractivity contribution in [3.63, 3.8) is 0 Å². The molecule has 1 rings (SSSR count). The Morgan fingerprint density at radius 3 is 2.82 bits per heavy atom. The van der Waals surface area contributed by atoms with Gasteiger partial charge < -0.3 is 4.90 Å². The molecule has 0 bridgehead atoms. The monoisotopic (exact) mass is 282 g/mol. The van der Waals surface area contributed by atoms with E-state index in [4.69, 9.17) is 11.6 Å². The Morgan fingerprint density at radius 2 is 2.24 bits per heavy atom. The van der Waals surface area contributed by atoms with E-state index in [0.29, 0.717) is 12.4 Å². The number of nitrogens with zero attached hydrogens (tertiary/aromatic N) is 2. The number of alkyl halides is 3. The summed E-state index contributed by atoms with van der Waals surface area (Å²) in [6, 6.07) is 0. The molecule has 0 spiro atoms. The molecular weight excluding hydrogens is 266 g/mol. The second-order valence-corrected chi connectivity index (χ2v) is 5.19. The predicted molar refractivity (Wildman–Crippen MR) is 68.1 cm³/mol. The van der Waals surface area contributed by atoms with Gasteiger partial charge in [0.1, 0.15) is 0 Å². The Hall–Kier alpha value is -0.260. The van der Waals surface area contributed by atoms with Crippen molar-refractivity contribution in [3.05, 3.63) is 16.1 Å². The van der Waals surface area contributed by atoms with Crippen molar-refractivity contribution in [2.75, 3.05) is 20.1 Å². The molecule has 1 aromatic rings. The molecule has 98 valence electrons. The third-order valence-electron chi connectivity index (χ3n) is 2.37. The molecule has 0 aliphatic carbocycles. The molecule has 1 aromatic heterocycles. The van der Waals surface area contributed by atoms with Crippen LogP contribution >= 0.6 is 22.9 Å². The van der Waals surface area contributed by atoms with Crippen molar-refractivity contribution in [1.29, 1.82) is 0 Å². The third kappa shape index (κ3) is 6.29. The van der Waals surface area contributed by atoms with Crippen molar-refractivity contribution >= 4 is 22.9 Å². The van der Waals surface area contributed by atoms with Gasteiger partial charge in [-0.25, -0.2) is 13.8 Å². The Kier molecular flexibility index (Phi) is 6.92. The Bertz CT molecular complexity index is 320. The minimum Gasteiger partial charge on any atom is -0.301 e. The average molecular weight is 283 g/mol. The number of aromatic nitrogens is 1. The average Bonchev–Trinajstić information content (AvgIpc) is 2.71. The first kappa shape index (κ1) is 14.8. The summed E-state index contributed by atoms with van der Waals surface area (Å²) >= 11 is 7.27. The first-order valence-electron chi connectivity index (χ1n) is 5.57. The van der Waals surface area contributed by atoms with Gasteiger partial charge in [-0.3, -0.25) is 0 Å². The molecule has 6 heteroatoms. The summed E-state index contributed by atoms with van der Waals surface area (Å²) in [5.74, 6) is 0.452. The van der Waals surface area contributed by atoms with Crippen molar-refractivity contribution in [3.8, 4) is 0 Å². The number of rotatable bonds is 8. The molecule has 2 nitrogen and oxygen atoms in total. The molecule has 0 atom stereocenters. The van der Waals surface area contributed by atoms with Crippen LogP contribution in [0.3, 0.4) is 0 Å². The fourth-order valence-corrected chi connectivity index (χ4v) is 2.58. The maximum Gasteiger partial charge on any atom is 0.251 e. The van der Waals surface area contributed by atoms with Crippen LogP contribution in [0.15, 0.2) is 5.38 Å². The lowest BCUT2D eigenvalue weighted by Crippen LogP contribution is -2.25. The fraction of sp³-hybridized carbons (Fsp3) is 0.727. The number of hydrogen-bond acceptors (Lipinski definition) is 3. The SMILES string of the molecule is CN(CCCCc1nc(CCl)cs1)CC(F)F. The summed E-state index contributed by atoms with van der Waals surface area (Å²) in [5, 5.41) is 3.04. The van der Waals surface area contributed by atoms with Crippen LogP contribution < -0.4 is 0 Å². The second kappa shape index (κ2) is 7.95. The largest absolute Gasteiger partial charge is 0.301 e. The van der Waals surface area contributed by atoms with Gasteiger partial charge >= 0.3 is 0 Å². The zero-order chi connectivity index (χ0) is 12.7. The number of halogens is 3. The minimum absolute atomic E-state index is 0.145. The lowest BCUT2D eigenvalue weighted by Gasteiger charge is -2.15. The van der Waals surface area contributed by atoms with Crippen LogP contribution in [-0.4, -0.2) is 36.4 Å². The Labute approximate surface area is 110 Å². The number of hydrogen-bond donors (Lipinski definition) is 0. The van der Waals surface area contributed by atoms with E-state index < -0.39 is 6.43 Å². The van der Waals surface area contributed by atoms with Crippen molar-refractivity contribution in [2.24, 2.45) is 0 Å². The van der Waals surface area contributed by atoms with Gasteiger partial charge in [0.15, 0.2) is 0 Å². The highest BCUT2D eigenvalue weighted by atomic mass is 35.5. The topological polar surface area (TPSA) is 16.1 Å². The molecule has 0 amide bonds. The summed E-state index contributed by atoms with van der Waals surface area (Å²) in [6.07, 6.45) is 0.552. The maximum atomic E-state index is 12.0. The molecule has 0 aromatic carbocycles. The van der Waals surface area contributed by atoms with E-state index in [1.165, 1.54) is 0 Å². The van der Waals surface area contributed by atoms with Crippen LogP contribution in [0, 0.1) is 0 Å². The summed E-state index contributed by atoms with van der Waals surface area (Å²) in [4.78, 5) is 6.01. The molecule has 0 radical (unpaired) electrons. The molecule has 0 unspecified atom stereocenters.